The lowest BCUT2D eigenvalue weighted by Gasteiger charge is -2.27. The molecule has 0 saturated heterocycles. The maximum Gasteiger partial charge on any atom is 0.190 e. The number of hydrogen-bond acceptors (Lipinski definition) is 2. The lowest BCUT2D eigenvalue weighted by molar-refractivity contribution is 0.0960. The van der Waals surface area contributed by atoms with Crippen LogP contribution in [0.3, 0.4) is 0 Å². The van der Waals surface area contributed by atoms with E-state index < -0.39 is 0 Å². The summed E-state index contributed by atoms with van der Waals surface area (Å²) >= 11 is 0. The minimum Gasteiger partial charge on any atom is -0.289 e. The van der Waals surface area contributed by atoms with E-state index >= 15 is 0 Å². The van der Waals surface area contributed by atoms with Gasteiger partial charge in [-0.15, -0.1) is 0 Å². The molecule has 2 aliphatic carbocycles. The third-order valence-corrected chi connectivity index (χ3v) is 4.02. The zero-order valence-corrected chi connectivity index (χ0v) is 10.7. The Morgan fingerprint density at radius 2 is 1.78 bits per heavy atom. The van der Waals surface area contributed by atoms with Gasteiger partial charge in [0.05, 0.1) is 0 Å². The smallest absolute Gasteiger partial charge is 0.190 e. The molecule has 2 aliphatic rings. The van der Waals surface area contributed by atoms with Crippen LogP contribution in [0.25, 0.3) is 0 Å². The predicted octanol–water partition coefficient (Wildman–Crippen LogP) is 3.49. The van der Waals surface area contributed by atoms with Crippen molar-refractivity contribution in [2.24, 2.45) is 5.92 Å². The van der Waals surface area contributed by atoms with Crippen LogP contribution in [0, 0.1) is 12.8 Å². The topological polar surface area (TPSA) is 34.1 Å². The Morgan fingerprint density at radius 3 is 2.56 bits per heavy atom. The van der Waals surface area contributed by atoms with Crippen LogP contribution >= 0.6 is 0 Å². The maximum absolute atomic E-state index is 12.4. The number of ketones is 2. The summed E-state index contributed by atoms with van der Waals surface area (Å²) in [5.74, 6) is 0.661. The van der Waals surface area contributed by atoms with Gasteiger partial charge in [-0.2, -0.15) is 0 Å². The van der Waals surface area contributed by atoms with E-state index in [9.17, 15) is 9.59 Å². The highest BCUT2D eigenvalue weighted by Gasteiger charge is 2.34. The molecule has 0 aromatic heterocycles. The van der Waals surface area contributed by atoms with Gasteiger partial charge in [-0.25, -0.2) is 0 Å². The number of aryl methyl sites for hydroxylation is 1. The third-order valence-electron chi connectivity index (χ3n) is 4.02. The largest absolute Gasteiger partial charge is 0.289 e. The Hall–Kier alpha value is -1.70. The summed E-state index contributed by atoms with van der Waals surface area (Å²) in [7, 11) is 0. The molecule has 1 unspecified atom stereocenters. The van der Waals surface area contributed by atoms with Crippen molar-refractivity contribution < 1.29 is 9.59 Å². The van der Waals surface area contributed by atoms with Crippen LogP contribution in [0.15, 0.2) is 29.3 Å². The number of benzene rings is 1. The molecular formula is C16H16O2. The van der Waals surface area contributed by atoms with Crippen LogP contribution in [0.1, 0.15) is 52.5 Å². The molecule has 2 nitrogen and oxygen atoms in total. The number of Topliss-reactive ketones (excluding diaryl/α,β-unsaturated/α-hetero) is 2. The zero-order chi connectivity index (χ0) is 12.9. The second-order valence-electron chi connectivity index (χ2n) is 5.51. The van der Waals surface area contributed by atoms with E-state index in [2.05, 4.69) is 6.92 Å². The van der Waals surface area contributed by atoms with E-state index in [0.717, 1.165) is 36.0 Å². The molecule has 0 bridgehead atoms. The van der Waals surface area contributed by atoms with Crippen LogP contribution in [-0.4, -0.2) is 11.6 Å². The van der Waals surface area contributed by atoms with Gasteiger partial charge in [0.1, 0.15) is 0 Å². The minimum atomic E-state index is 0.0751. The van der Waals surface area contributed by atoms with Crippen molar-refractivity contribution in [1.29, 1.82) is 0 Å². The van der Waals surface area contributed by atoms with E-state index in [1.165, 1.54) is 0 Å². The molecule has 3 rings (SSSR count). The number of carbonyl (C=O) groups excluding carboxylic acids is 2. The van der Waals surface area contributed by atoms with E-state index in [-0.39, 0.29) is 11.6 Å². The summed E-state index contributed by atoms with van der Waals surface area (Å²) < 4.78 is 0. The lowest BCUT2D eigenvalue weighted by Crippen LogP contribution is -2.26. The maximum atomic E-state index is 12.4. The number of hydrogen-bond donors (Lipinski definition) is 0. The number of carbonyl (C=O) groups is 2. The Morgan fingerprint density at radius 1 is 1.06 bits per heavy atom. The Bertz CT molecular complexity index is 593. The van der Waals surface area contributed by atoms with Gasteiger partial charge in [-0.1, -0.05) is 24.6 Å². The van der Waals surface area contributed by atoms with E-state index in [1.807, 2.05) is 19.1 Å². The fraction of sp³-hybridized carbons (Fsp3) is 0.375. The molecule has 1 aromatic carbocycles. The van der Waals surface area contributed by atoms with Crippen molar-refractivity contribution in [2.75, 3.05) is 0 Å². The molecule has 1 aromatic rings. The summed E-state index contributed by atoms with van der Waals surface area (Å²) in [5, 5.41) is 0. The zero-order valence-electron chi connectivity index (χ0n) is 10.7. The summed E-state index contributed by atoms with van der Waals surface area (Å²) in [6.45, 7) is 4.09. The second kappa shape index (κ2) is 3.91. The van der Waals surface area contributed by atoms with Crippen molar-refractivity contribution >= 4 is 11.6 Å². The monoisotopic (exact) mass is 240 g/mol. The summed E-state index contributed by atoms with van der Waals surface area (Å²) in [5.41, 5.74) is 3.78. The number of fused-ring (bicyclic) bond motifs is 1. The van der Waals surface area contributed by atoms with Crippen LogP contribution in [-0.2, 0) is 0 Å². The summed E-state index contributed by atoms with van der Waals surface area (Å²) in [4.78, 5) is 24.9. The Kier molecular flexibility index (Phi) is 2.47. The molecule has 1 atom stereocenters. The standard InChI is InChI=1S/C16H16O2/c1-9-3-5-11-13(7-9)15(17)12-6-4-10(2)8-14(12)16(11)18/h3,5,7,10H,4,6,8H2,1-2H3. The highest BCUT2D eigenvalue weighted by molar-refractivity contribution is 6.27. The molecule has 92 valence electrons. The fourth-order valence-corrected chi connectivity index (χ4v) is 2.96. The van der Waals surface area contributed by atoms with Crippen LogP contribution in [0.5, 0.6) is 0 Å². The van der Waals surface area contributed by atoms with Crippen LogP contribution in [0.2, 0.25) is 0 Å². The quantitative estimate of drug-likeness (QED) is 0.695. The molecule has 18 heavy (non-hydrogen) atoms. The first-order chi connectivity index (χ1) is 8.58. The van der Waals surface area contributed by atoms with Gasteiger partial charge in [0.2, 0.25) is 0 Å². The van der Waals surface area contributed by atoms with Crippen molar-refractivity contribution in [2.45, 2.75) is 33.1 Å². The Labute approximate surface area is 107 Å². The summed E-state index contributed by atoms with van der Waals surface area (Å²) in [6, 6.07) is 5.55. The molecule has 0 amide bonds. The normalized spacial score (nSPS) is 22.9. The molecule has 2 heteroatoms. The Balaban J connectivity index is 2.17. The first kappa shape index (κ1) is 11.4. The van der Waals surface area contributed by atoms with Crippen molar-refractivity contribution in [3.05, 3.63) is 46.0 Å². The van der Waals surface area contributed by atoms with Gasteiger partial charge in [0, 0.05) is 22.3 Å². The van der Waals surface area contributed by atoms with E-state index in [1.54, 1.807) is 6.07 Å². The first-order valence-corrected chi connectivity index (χ1v) is 6.50. The van der Waals surface area contributed by atoms with Crippen LogP contribution in [0.4, 0.5) is 0 Å². The van der Waals surface area contributed by atoms with Gasteiger partial charge in [0.15, 0.2) is 11.6 Å². The van der Waals surface area contributed by atoms with E-state index in [4.69, 9.17) is 0 Å². The lowest BCUT2D eigenvalue weighted by atomic mass is 9.74. The van der Waals surface area contributed by atoms with E-state index in [0.29, 0.717) is 17.0 Å². The van der Waals surface area contributed by atoms with Gasteiger partial charge in [-0.05, 0) is 38.2 Å². The van der Waals surface area contributed by atoms with Crippen molar-refractivity contribution in [1.82, 2.24) is 0 Å². The molecule has 0 saturated carbocycles. The molecule has 0 spiro atoms. The highest BCUT2D eigenvalue weighted by Crippen LogP contribution is 2.37. The minimum absolute atomic E-state index is 0.0751. The molecule has 0 N–H and O–H groups in total. The van der Waals surface area contributed by atoms with Crippen LogP contribution < -0.4 is 0 Å². The SMILES string of the molecule is Cc1ccc2c(c1)C(=O)C1=C(CC(C)CC1)C2=O. The molecule has 0 aliphatic heterocycles. The second-order valence-corrected chi connectivity index (χ2v) is 5.51. The number of allylic oxidation sites excluding steroid dienone is 2. The van der Waals surface area contributed by atoms with Gasteiger partial charge < -0.3 is 0 Å². The van der Waals surface area contributed by atoms with Gasteiger partial charge in [-0.3, -0.25) is 9.59 Å². The van der Waals surface area contributed by atoms with Gasteiger partial charge in [0.25, 0.3) is 0 Å². The third kappa shape index (κ3) is 1.56. The first-order valence-electron chi connectivity index (χ1n) is 6.50. The van der Waals surface area contributed by atoms with Crippen molar-refractivity contribution in [3.63, 3.8) is 0 Å². The highest BCUT2D eigenvalue weighted by atomic mass is 16.1. The number of rotatable bonds is 0. The predicted molar refractivity (Wildman–Crippen MR) is 69.9 cm³/mol. The molecule has 0 radical (unpaired) electrons. The average Bonchev–Trinajstić information content (AvgIpc) is 2.36. The van der Waals surface area contributed by atoms with Crippen molar-refractivity contribution in [3.8, 4) is 0 Å². The average molecular weight is 240 g/mol. The fourth-order valence-electron chi connectivity index (χ4n) is 2.96. The van der Waals surface area contributed by atoms with Gasteiger partial charge >= 0.3 is 0 Å². The summed E-state index contributed by atoms with van der Waals surface area (Å²) in [6.07, 6.45) is 2.53. The molecule has 0 heterocycles. The molecular weight excluding hydrogens is 224 g/mol. The molecule has 0 fully saturated rings.